The molecule has 3 atom stereocenters. The summed E-state index contributed by atoms with van der Waals surface area (Å²) in [5.41, 5.74) is 0.308. The lowest BCUT2D eigenvalue weighted by Gasteiger charge is -2.50. The molecule has 120 valence electrons. The molecule has 1 fully saturated rings. The summed E-state index contributed by atoms with van der Waals surface area (Å²) in [6, 6.07) is 5.18. The molecule has 0 spiro atoms. The van der Waals surface area contributed by atoms with E-state index in [9.17, 15) is 0 Å². The van der Waals surface area contributed by atoms with Gasteiger partial charge in [0.15, 0.2) is 0 Å². The Morgan fingerprint density at radius 3 is 2.62 bits per heavy atom. The SMILES string of the molecule is CCc1ccc(CC(NC)C2(N(C)C)CCCC(C)C2)s1. The Labute approximate surface area is 134 Å². The van der Waals surface area contributed by atoms with Gasteiger partial charge in [0.1, 0.15) is 0 Å². The summed E-state index contributed by atoms with van der Waals surface area (Å²) < 4.78 is 0. The van der Waals surface area contributed by atoms with Crippen molar-refractivity contribution >= 4 is 11.3 Å². The first-order valence-electron chi connectivity index (χ1n) is 8.44. The van der Waals surface area contributed by atoms with E-state index in [1.54, 1.807) is 0 Å². The highest BCUT2D eigenvalue weighted by atomic mass is 32.1. The number of aryl methyl sites for hydroxylation is 1. The topological polar surface area (TPSA) is 15.3 Å². The van der Waals surface area contributed by atoms with Crippen LogP contribution in [0.15, 0.2) is 12.1 Å². The normalized spacial score (nSPS) is 28.0. The summed E-state index contributed by atoms with van der Waals surface area (Å²) in [5.74, 6) is 0.839. The molecule has 0 radical (unpaired) electrons. The molecule has 0 bridgehead atoms. The Bertz CT molecular complexity index is 440. The fraction of sp³-hybridized carbons (Fsp3) is 0.778. The Balaban J connectivity index is 2.19. The molecule has 0 saturated heterocycles. The molecule has 1 aromatic rings. The van der Waals surface area contributed by atoms with Crippen LogP contribution in [0.5, 0.6) is 0 Å². The molecule has 1 aromatic heterocycles. The fourth-order valence-corrected chi connectivity index (χ4v) is 5.09. The van der Waals surface area contributed by atoms with Crippen LogP contribution < -0.4 is 5.32 Å². The van der Waals surface area contributed by atoms with Crippen LogP contribution in [-0.2, 0) is 12.8 Å². The second-order valence-electron chi connectivity index (χ2n) is 6.97. The van der Waals surface area contributed by atoms with Gasteiger partial charge in [-0.25, -0.2) is 0 Å². The first-order chi connectivity index (χ1) is 10.0. The van der Waals surface area contributed by atoms with E-state index < -0.39 is 0 Å². The Hall–Kier alpha value is -0.380. The van der Waals surface area contributed by atoms with Crippen LogP contribution in [0.2, 0.25) is 0 Å². The van der Waals surface area contributed by atoms with E-state index in [-0.39, 0.29) is 0 Å². The van der Waals surface area contributed by atoms with Crippen LogP contribution in [0.25, 0.3) is 0 Å². The van der Waals surface area contributed by atoms with Gasteiger partial charge in [-0.1, -0.05) is 26.7 Å². The zero-order valence-corrected chi connectivity index (χ0v) is 15.2. The minimum absolute atomic E-state index is 0.308. The molecular formula is C18H32N2S. The number of nitrogens with one attached hydrogen (secondary N) is 1. The van der Waals surface area contributed by atoms with Gasteiger partial charge >= 0.3 is 0 Å². The van der Waals surface area contributed by atoms with Crippen molar-refractivity contribution in [1.29, 1.82) is 0 Å². The van der Waals surface area contributed by atoms with Crippen molar-refractivity contribution in [3.8, 4) is 0 Å². The molecule has 1 aliphatic carbocycles. The van der Waals surface area contributed by atoms with Crippen molar-refractivity contribution < 1.29 is 0 Å². The molecule has 3 heteroatoms. The summed E-state index contributed by atoms with van der Waals surface area (Å²) in [4.78, 5) is 5.54. The minimum atomic E-state index is 0.308. The molecule has 0 aliphatic heterocycles. The summed E-state index contributed by atoms with van der Waals surface area (Å²) in [6.07, 6.45) is 7.71. The van der Waals surface area contributed by atoms with Crippen molar-refractivity contribution in [3.63, 3.8) is 0 Å². The number of hydrogen-bond acceptors (Lipinski definition) is 3. The van der Waals surface area contributed by atoms with E-state index in [4.69, 9.17) is 0 Å². The van der Waals surface area contributed by atoms with E-state index in [0.29, 0.717) is 11.6 Å². The van der Waals surface area contributed by atoms with Crippen LogP contribution in [0.3, 0.4) is 0 Å². The third-order valence-electron chi connectivity index (χ3n) is 5.37. The number of thiophene rings is 1. The molecule has 1 saturated carbocycles. The molecular weight excluding hydrogens is 276 g/mol. The first-order valence-corrected chi connectivity index (χ1v) is 9.25. The van der Waals surface area contributed by atoms with Crippen molar-refractivity contribution in [2.45, 2.75) is 64.0 Å². The highest BCUT2D eigenvalue weighted by Gasteiger charge is 2.43. The van der Waals surface area contributed by atoms with Crippen LogP contribution in [0.1, 0.15) is 49.3 Å². The Morgan fingerprint density at radius 2 is 2.10 bits per heavy atom. The molecule has 1 heterocycles. The van der Waals surface area contributed by atoms with Gasteiger partial charge in [-0.2, -0.15) is 0 Å². The second-order valence-corrected chi connectivity index (χ2v) is 8.22. The lowest BCUT2D eigenvalue weighted by atomic mass is 9.70. The number of nitrogens with zero attached hydrogens (tertiary/aromatic N) is 1. The van der Waals surface area contributed by atoms with Crippen LogP contribution >= 0.6 is 11.3 Å². The summed E-state index contributed by atoms with van der Waals surface area (Å²) in [7, 11) is 6.69. The fourth-order valence-electron chi connectivity index (χ4n) is 4.08. The predicted octanol–water partition coefficient (Wildman–Crippen LogP) is 3.95. The van der Waals surface area contributed by atoms with Gasteiger partial charge < -0.3 is 10.2 Å². The lowest BCUT2D eigenvalue weighted by Crippen LogP contribution is -2.61. The van der Waals surface area contributed by atoms with Crippen molar-refractivity contribution in [1.82, 2.24) is 10.2 Å². The maximum atomic E-state index is 3.66. The number of hydrogen-bond donors (Lipinski definition) is 1. The van der Waals surface area contributed by atoms with E-state index >= 15 is 0 Å². The molecule has 0 amide bonds. The van der Waals surface area contributed by atoms with Gasteiger partial charge in [-0.15, -0.1) is 11.3 Å². The van der Waals surface area contributed by atoms with Crippen molar-refractivity contribution in [3.05, 3.63) is 21.9 Å². The molecule has 3 unspecified atom stereocenters. The third-order valence-corrected chi connectivity index (χ3v) is 6.62. The largest absolute Gasteiger partial charge is 0.315 e. The summed E-state index contributed by atoms with van der Waals surface area (Å²) in [6.45, 7) is 4.67. The van der Waals surface area contributed by atoms with Crippen LogP contribution in [0, 0.1) is 5.92 Å². The van der Waals surface area contributed by atoms with Crippen LogP contribution in [-0.4, -0.2) is 37.6 Å². The standard InChI is InChI=1S/C18H32N2S/c1-6-15-9-10-16(21-15)12-17(19-3)18(20(4)5)11-7-8-14(2)13-18/h9-10,14,17,19H,6-8,11-13H2,1-5H3. The Kier molecular flexibility index (Phi) is 5.87. The molecule has 2 nitrogen and oxygen atoms in total. The predicted molar refractivity (Wildman–Crippen MR) is 94.3 cm³/mol. The van der Waals surface area contributed by atoms with Gasteiger partial charge in [0.05, 0.1) is 0 Å². The van der Waals surface area contributed by atoms with Gasteiger partial charge in [-0.3, -0.25) is 0 Å². The molecule has 1 aliphatic rings. The van der Waals surface area contributed by atoms with E-state index in [1.807, 2.05) is 11.3 Å². The summed E-state index contributed by atoms with van der Waals surface area (Å²) in [5, 5.41) is 3.66. The molecule has 21 heavy (non-hydrogen) atoms. The van der Waals surface area contributed by atoms with Crippen molar-refractivity contribution in [2.24, 2.45) is 5.92 Å². The second kappa shape index (κ2) is 7.26. The Morgan fingerprint density at radius 1 is 1.38 bits per heavy atom. The molecule has 0 aromatic carbocycles. The number of likely N-dealkylation sites (N-methyl/N-ethyl adjacent to an activating group) is 2. The summed E-state index contributed by atoms with van der Waals surface area (Å²) >= 11 is 1.99. The quantitative estimate of drug-likeness (QED) is 0.856. The highest BCUT2D eigenvalue weighted by Crippen LogP contribution is 2.39. The third kappa shape index (κ3) is 3.69. The smallest absolute Gasteiger partial charge is 0.0362 e. The van der Waals surface area contributed by atoms with Crippen molar-refractivity contribution in [2.75, 3.05) is 21.1 Å². The minimum Gasteiger partial charge on any atom is -0.315 e. The average Bonchev–Trinajstić information content (AvgIpc) is 2.92. The zero-order valence-electron chi connectivity index (χ0n) is 14.4. The van der Waals surface area contributed by atoms with Gasteiger partial charge in [0, 0.05) is 21.3 Å². The average molecular weight is 309 g/mol. The van der Waals surface area contributed by atoms with Gasteiger partial charge in [0.25, 0.3) is 0 Å². The maximum Gasteiger partial charge on any atom is 0.0362 e. The highest BCUT2D eigenvalue weighted by molar-refractivity contribution is 7.11. The lowest BCUT2D eigenvalue weighted by molar-refractivity contribution is 0.0401. The van der Waals surface area contributed by atoms with Gasteiger partial charge in [-0.05, 0) is 64.9 Å². The zero-order chi connectivity index (χ0) is 15.5. The molecule has 1 N–H and O–H groups in total. The monoisotopic (exact) mass is 308 g/mol. The van der Waals surface area contributed by atoms with E-state index in [2.05, 4.69) is 57.3 Å². The maximum absolute atomic E-state index is 3.66. The van der Waals surface area contributed by atoms with Gasteiger partial charge in [0.2, 0.25) is 0 Å². The van der Waals surface area contributed by atoms with E-state index in [0.717, 1.165) is 18.8 Å². The molecule has 2 rings (SSSR count). The van der Waals surface area contributed by atoms with Crippen LogP contribution in [0.4, 0.5) is 0 Å². The number of rotatable bonds is 6. The van der Waals surface area contributed by atoms with E-state index in [1.165, 1.54) is 35.4 Å². The first kappa shape index (κ1) is 17.0.